The van der Waals surface area contributed by atoms with Crippen molar-refractivity contribution >= 4 is 50.6 Å². The van der Waals surface area contributed by atoms with Crippen LogP contribution in [0.3, 0.4) is 0 Å². The van der Waals surface area contributed by atoms with Gasteiger partial charge in [-0.25, -0.2) is 0 Å². The Hall–Kier alpha value is -2.46. The van der Waals surface area contributed by atoms with Gasteiger partial charge in [0.15, 0.2) is 0 Å². The molecule has 6 nitrogen and oxygen atoms in total. The van der Waals surface area contributed by atoms with Crippen LogP contribution in [0.1, 0.15) is 98.3 Å². The number of hydrogen-bond donors (Lipinski definition) is 1. The normalized spacial score (nSPS) is 20.5. The molecule has 1 saturated carbocycles. The fourth-order valence-corrected chi connectivity index (χ4v) is 7.78. The van der Waals surface area contributed by atoms with Crippen LogP contribution in [0.4, 0.5) is 0 Å². The number of ether oxygens (including phenoxy) is 2. The highest BCUT2D eigenvalue weighted by molar-refractivity contribution is 7.80. The molecule has 3 rings (SSSR count). The second-order valence-electron chi connectivity index (χ2n) is 12.4. The van der Waals surface area contributed by atoms with Gasteiger partial charge in [-0.3, -0.25) is 14.4 Å². The van der Waals surface area contributed by atoms with Crippen molar-refractivity contribution < 1.29 is 29.0 Å². The Morgan fingerprint density at radius 1 is 1.11 bits per heavy atom. The molecule has 1 aliphatic rings. The maximum Gasteiger partial charge on any atom is 0.311 e. The number of Topliss-reactive ketones (excluding diaryl/α,β-unsaturated/α-hetero) is 1. The molecule has 0 bridgehead atoms. The van der Waals surface area contributed by atoms with Gasteiger partial charge in [0.2, 0.25) is 0 Å². The van der Waals surface area contributed by atoms with Gasteiger partial charge in [0, 0.05) is 36.0 Å². The Balaban J connectivity index is 1.50. The first kappa shape index (κ1) is 37.0. The van der Waals surface area contributed by atoms with Crippen LogP contribution in [-0.4, -0.2) is 34.5 Å². The predicted molar refractivity (Wildman–Crippen MR) is 186 cm³/mol. The molecule has 0 spiro atoms. The molecular weight excluding hydrogens is 625 g/mol. The Labute approximate surface area is 280 Å². The summed E-state index contributed by atoms with van der Waals surface area (Å²) in [6, 6.07) is 9.42. The van der Waals surface area contributed by atoms with Gasteiger partial charge >= 0.3 is 11.9 Å². The smallest absolute Gasteiger partial charge is 0.311 e. The lowest BCUT2D eigenvalue weighted by molar-refractivity contribution is -0.151. The summed E-state index contributed by atoms with van der Waals surface area (Å²) in [7, 11) is 3.20. The molecule has 2 aromatic rings. The number of carbonyl (C=O) groups is 3. The molecule has 1 unspecified atom stereocenters. The molecular formula is C36H48O6S3. The van der Waals surface area contributed by atoms with Crippen LogP contribution in [0, 0.1) is 21.6 Å². The summed E-state index contributed by atoms with van der Waals surface area (Å²) < 4.78 is 12.2. The van der Waals surface area contributed by atoms with Crippen molar-refractivity contribution in [3.05, 3.63) is 58.5 Å². The predicted octanol–water partition coefficient (Wildman–Crippen LogP) is 9.67. The molecule has 0 aliphatic heterocycles. The third kappa shape index (κ3) is 12.7. The summed E-state index contributed by atoms with van der Waals surface area (Å²) in [5.41, 5.74) is 0.239. The van der Waals surface area contributed by atoms with Gasteiger partial charge < -0.3 is 14.6 Å². The van der Waals surface area contributed by atoms with E-state index in [0.717, 1.165) is 33.5 Å². The zero-order valence-corrected chi connectivity index (χ0v) is 29.4. The molecule has 1 N–H and O–H groups in total. The lowest BCUT2D eigenvalue weighted by atomic mass is 9.88. The first-order chi connectivity index (χ1) is 21.5. The van der Waals surface area contributed by atoms with Gasteiger partial charge in [-0.1, -0.05) is 97.2 Å². The van der Waals surface area contributed by atoms with Crippen LogP contribution in [0.25, 0.3) is 10.4 Å². The van der Waals surface area contributed by atoms with Gasteiger partial charge in [0.1, 0.15) is 21.5 Å². The van der Waals surface area contributed by atoms with E-state index < -0.39 is 11.7 Å². The highest BCUT2D eigenvalue weighted by Crippen LogP contribution is 2.36. The van der Waals surface area contributed by atoms with Crippen LogP contribution in [0.5, 0.6) is 5.75 Å². The van der Waals surface area contributed by atoms with Gasteiger partial charge in [-0.2, -0.15) is 0 Å². The fourth-order valence-electron chi connectivity index (χ4n) is 5.38. The lowest BCUT2D eigenvalue weighted by Gasteiger charge is -2.23. The molecule has 0 radical (unpaired) electrons. The van der Waals surface area contributed by atoms with Crippen molar-refractivity contribution in [3.8, 4) is 16.2 Å². The van der Waals surface area contributed by atoms with Crippen molar-refractivity contribution in [3.63, 3.8) is 0 Å². The number of benzene rings is 1. The molecule has 9 heteroatoms. The summed E-state index contributed by atoms with van der Waals surface area (Å²) in [6.45, 7) is 8.00. The highest BCUT2D eigenvalue weighted by atomic mass is 32.9. The summed E-state index contributed by atoms with van der Waals surface area (Å²) in [4.78, 5) is 39.1. The van der Waals surface area contributed by atoms with E-state index in [2.05, 4.69) is 6.92 Å². The second kappa shape index (κ2) is 18.6. The third-order valence-corrected chi connectivity index (χ3v) is 11.2. The molecule has 1 heterocycles. The zero-order valence-electron chi connectivity index (χ0n) is 27.0. The quantitative estimate of drug-likeness (QED) is 0.0421. The average Bonchev–Trinajstić information content (AvgIpc) is 3.56. The van der Waals surface area contributed by atoms with E-state index in [4.69, 9.17) is 21.7 Å². The van der Waals surface area contributed by atoms with Gasteiger partial charge in [0.05, 0.1) is 5.60 Å². The van der Waals surface area contributed by atoms with Crippen molar-refractivity contribution in [2.75, 3.05) is 0 Å². The number of esters is 2. The van der Waals surface area contributed by atoms with E-state index in [0.29, 0.717) is 44.3 Å². The van der Waals surface area contributed by atoms with E-state index in [1.165, 1.54) is 0 Å². The number of allylic oxidation sites excluding steroid dienone is 2. The van der Waals surface area contributed by atoms with Crippen molar-refractivity contribution in [1.82, 2.24) is 0 Å². The maximum atomic E-state index is 13.1. The Kier molecular flexibility index (Phi) is 15.3. The molecule has 1 fully saturated rings. The molecule has 5 atom stereocenters. The summed E-state index contributed by atoms with van der Waals surface area (Å²) >= 11 is 5.20. The Morgan fingerprint density at radius 3 is 2.53 bits per heavy atom. The van der Waals surface area contributed by atoms with Crippen LogP contribution < -0.4 is 4.74 Å². The Bertz CT molecular complexity index is 1350. The standard InChI is InChI=1S/C36H48O6S3/c1-5-7-20-36(4,40)21-12-14-29-28(30(37)23-31(29)42-34(39)22-25(3)6-2)13-10-8-9-11-15-33(38)41-27-18-16-26(17-19-27)32-24-35(43)45-44-32/h8,10,12,14,16-19,24-25,28-29,31,40H,5-7,9,11,13,15,20-23H2,1-4H3/b10-8-,14-12+/t25?,28-,29-,31-,36+/m1/s1. The van der Waals surface area contributed by atoms with Crippen LogP contribution in [-0.2, 0) is 19.1 Å². The maximum absolute atomic E-state index is 13.1. The van der Waals surface area contributed by atoms with Gasteiger partial charge in [-0.15, -0.1) is 0 Å². The first-order valence-electron chi connectivity index (χ1n) is 16.2. The topological polar surface area (TPSA) is 89.9 Å². The number of ketones is 1. The number of hydrogen-bond acceptors (Lipinski definition) is 9. The SMILES string of the molecule is CCCC[C@](C)(O)C/C=C/[C@H]1[C@H](OC(=O)CC(C)CC)CC(=O)[C@@H]1C/C=C\CCCC(=O)Oc1ccc(-c2cc(=S)ss2)cc1. The number of unbranched alkanes of at least 4 members (excludes halogenated alkanes) is 2. The average molecular weight is 673 g/mol. The van der Waals surface area contributed by atoms with Crippen molar-refractivity contribution in [2.45, 2.75) is 110 Å². The number of rotatable bonds is 18. The third-order valence-electron chi connectivity index (χ3n) is 8.33. The number of aliphatic hydroxyl groups is 1. The van der Waals surface area contributed by atoms with Crippen molar-refractivity contribution in [1.29, 1.82) is 0 Å². The Morgan fingerprint density at radius 2 is 1.87 bits per heavy atom. The highest BCUT2D eigenvalue weighted by Gasteiger charge is 2.42. The molecule has 1 aromatic carbocycles. The van der Waals surface area contributed by atoms with E-state index >= 15 is 0 Å². The first-order valence-corrected chi connectivity index (χ1v) is 18.7. The van der Waals surface area contributed by atoms with E-state index in [-0.39, 0.29) is 48.3 Å². The van der Waals surface area contributed by atoms with E-state index in [1.807, 2.05) is 63.3 Å². The summed E-state index contributed by atoms with van der Waals surface area (Å²) in [5, 5.41) is 10.7. The van der Waals surface area contributed by atoms with E-state index in [1.54, 1.807) is 32.8 Å². The van der Waals surface area contributed by atoms with E-state index in [9.17, 15) is 19.5 Å². The van der Waals surface area contributed by atoms with Gasteiger partial charge in [-0.05, 0) is 80.8 Å². The zero-order chi connectivity index (χ0) is 32.8. The van der Waals surface area contributed by atoms with Crippen LogP contribution >= 0.6 is 32.9 Å². The van der Waals surface area contributed by atoms with Crippen LogP contribution in [0.2, 0.25) is 0 Å². The molecule has 246 valence electrons. The van der Waals surface area contributed by atoms with Gasteiger partial charge in [0.25, 0.3) is 0 Å². The summed E-state index contributed by atoms with van der Waals surface area (Å²) in [5.74, 6) is -0.230. The molecule has 1 aliphatic carbocycles. The van der Waals surface area contributed by atoms with Crippen molar-refractivity contribution in [2.24, 2.45) is 17.8 Å². The van der Waals surface area contributed by atoms with Crippen LogP contribution in [0.15, 0.2) is 54.6 Å². The minimum Gasteiger partial charge on any atom is -0.461 e. The number of carbonyl (C=O) groups excluding carboxylic acids is 3. The lowest BCUT2D eigenvalue weighted by Crippen LogP contribution is -2.26. The fraction of sp³-hybridized carbons (Fsp3) is 0.556. The molecule has 0 saturated heterocycles. The molecule has 45 heavy (non-hydrogen) atoms. The second-order valence-corrected chi connectivity index (χ2v) is 15.3. The molecule has 1 aromatic heterocycles. The minimum absolute atomic E-state index is 0.0901. The monoisotopic (exact) mass is 672 g/mol. The minimum atomic E-state index is -0.807. The molecule has 0 amide bonds. The largest absolute Gasteiger partial charge is 0.461 e. The summed E-state index contributed by atoms with van der Waals surface area (Å²) in [6.07, 6.45) is 14.2.